The van der Waals surface area contributed by atoms with Crippen LogP contribution >= 0.6 is 11.8 Å². The summed E-state index contributed by atoms with van der Waals surface area (Å²) in [6, 6.07) is 5.66. The molecule has 0 aromatic heterocycles. The van der Waals surface area contributed by atoms with Gasteiger partial charge in [-0.25, -0.2) is 4.39 Å². The smallest absolute Gasteiger partial charge is 0.307 e. The molecular formula is C16H22FNO2S. The summed E-state index contributed by atoms with van der Waals surface area (Å²) in [5.74, 6) is -1.26. The number of carbonyl (C=O) groups is 1. The molecule has 5 heteroatoms. The van der Waals surface area contributed by atoms with E-state index in [4.69, 9.17) is 0 Å². The molecule has 0 radical (unpaired) electrons. The van der Waals surface area contributed by atoms with Crippen molar-refractivity contribution < 1.29 is 14.3 Å². The first-order chi connectivity index (χ1) is 9.93. The monoisotopic (exact) mass is 311 g/mol. The Morgan fingerprint density at radius 3 is 2.76 bits per heavy atom. The van der Waals surface area contributed by atoms with Crippen LogP contribution in [0.4, 0.5) is 4.39 Å². The van der Waals surface area contributed by atoms with Gasteiger partial charge >= 0.3 is 5.97 Å². The lowest BCUT2D eigenvalue weighted by Crippen LogP contribution is -2.45. The minimum atomic E-state index is -0.733. The first-order valence-electron chi connectivity index (χ1n) is 7.26. The third-order valence-corrected chi connectivity index (χ3v) is 5.21. The molecule has 0 spiro atoms. The molecule has 3 unspecified atom stereocenters. The largest absolute Gasteiger partial charge is 0.481 e. The van der Waals surface area contributed by atoms with E-state index in [0.717, 1.165) is 18.4 Å². The number of carboxylic acid groups (broad SMARTS) is 1. The van der Waals surface area contributed by atoms with Crippen molar-refractivity contribution in [1.29, 1.82) is 0 Å². The van der Waals surface area contributed by atoms with Gasteiger partial charge in [0.15, 0.2) is 0 Å². The molecule has 1 aromatic rings. The molecular weight excluding hydrogens is 289 g/mol. The van der Waals surface area contributed by atoms with Gasteiger partial charge in [-0.05, 0) is 50.6 Å². The van der Waals surface area contributed by atoms with Crippen LogP contribution in [-0.4, -0.2) is 34.8 Å². The molecule has 0 amide bonds. The fourth-order valence-corrected chi connectivity index (χ4v) is 3.47. The van der Waals surface area contributed by atoms with Gasteiger partial charge < -0.3 is 5.11 Å². The van der Waals surface area contributed by atoms with E-state index in [0.29, 0.717) is 17.5 Å². The first-order valence-corrected chi connectivity index (χ1v) is 8.48. The zero-order chi connectivity index (χ0) is 15.6. The van der Waals surface area contributed by atoms with Crippen LogP contribution in [0.5, 0.6) is 0 Å². The lowest BCUT2D eigenvalue weighted by Gasteiger charge is -2.40. The number of benzene rings is 1. The van der Waals surface area contributed by atoms with Crippen LogP contribution in [0.25, 0.3) is 0 Å². The van der Waals surface area contributed by atoms with E-state index in [1.54, 1.807) is 12.1 Å². The SMILES string of the molecule is CSc1ccc(C(C)N2CC(C(=O)O)CCC2C)cc1F. The van der Waals surface area contributed by atoms with Crippen molar-refractivity contribution in [1.82, 2.24) is 4.90 Å². The second kappa shape index (κ2) is 6.79. The average Bonchev–Trinajstić information content (AvgIpc) is 2.46. The van der Waals surface area contributed by atoms with Gasteiger partial charge in [-0.1, -0.05) is 6.07 Å². The molecule has 3 atom stereocenters. The van der Waals surface area contributed by atoms with Crippen molar-refractivity contribution in [3.8, 4) is 0 Å². The second-order valence-corrected chi connectivity index (χ2v) is 6.58. The maximum absolute atomic E-state index is 13.9. The van der Waals surface area contributed by atoms with E-state index >= 15 is 0 Å². The predicted octanol–water partition coefficient (Wildman–Crippen LogP) is 3.79. The summed E-state index contributed by atoms with van der Waals surface area (Å²) < 4.78 is 13.9. The fraction of sp³-hybridized carbons (Fsp3) is 0.562. The fourth-order valence-electron chi connectivity index (χ4n) is 3.01. The Kier molecular flexibility index (Phi) is 5.27. The second-order valence-electron chi connectivity index (χ2n) is 5.73. The Hall–Kier alpha value is -1.07. The van der Waals surface area contributed by atoms with Crippen LogP contribution in [0.15, 0.2) is 23.1 Å². The van der Waals surface area contributed by atoms with E-state index in [2.05, 4.69) is 11.8 Å². The van der Waals surface area contributed by atoms with E-state index in [-0.39, 0.29) is 17.8 Å². The molecule has 1 saturated heterocycles. The summed E-state index contributed by atoms with van der Waals surface area (Å²) in [6.07, 6.45) is 3.44. The predicted molar refractivity (Wildman–Crippen MR) is 83.1 cm³/mol. The summed E-state index contributed by atoms with van der Waals surface area (Å²) in [7, 11) is 0. The highest BCUT2D eigenvalue weighted by Gasteiger charge is 2.32. The number of likely N-dealkylation sites (tertiary alicyclic amines) is 1. The topological polar surface area (TPSA) is 40.5 Å². The molecule has 0 saturated carbocycles. The van der Waals surface area contributed by atoms with E-state index in [9.17, 15) is 14.3 Å². The molecule has 2 rings (SSSR count). The highest BCUT2D eigenvalue weighted by Crippen LogP contribution is 2.32. The van der Waals surface area contributed by atoms with Crippen molar-refractivity contribution in [3.05, 3.63) is 29.6 Å². The number of thioether (sulfide) groups is 1. The van der Waals surface area contributed by atoms with Crippen LogP contribution in [0.1, 0.15) is 38.3 Å². The molecule has 1 aromatic carbocycles. The summed E-state index contributed by atoms with van der Waals surface area (Å²) in [4.78, 5) is 14.0. The van der Waals surface area contributed by atoms with Crippen molar-refractivity contribution in [2.75, 3.05) is 12.8 Å². The molecule has 1 heterocycles. The van der Waals surface area contributed by atoms with E-state index < -0.39 is 5.97 Å². The maximum Gasteiger partial charge on any atom is 0.307 e. The number of piperidine rings is 1. The Labute approximate surface area is 129 Å². The van der Waals surface area contributed by atoms with Gasteiger partial charge in [0.25, 0.3) is 0 Å². The Morgan fingerprint density at radius 1 is 1.48 bits per heavy atom. The minimum absolute atomic E-state index is 0.0209. The van der Waals surface area contributed by atoms with Crippen LogP contribution in [-0.2, 0) is 4.79 Å². The van der Waals surface area contributed by atoms with E-state index in [1.807, 2.05) is 19.2 Å². The highest BCUT2D eigenvalue weighted by atomic mass is 32.2. The zero-order valence-electron chi connectivity index (χ0n) is 12.7. The van der Waals surface area contributed by atoms with Gasteiger partial charge in [0.1, 0.15) is 5.82 Å². The van der Waals surface area contributed by atoms with Gasteiger partial charge in [0, 0.05) is 23.5 Å². The molecule has 116 valence electrons. The molecule has 1 aliphatic heterocycles. The van der Waals surface area contributed by atoms with Crippen molar-refractivity contribution >= 4 is 17.7 Å². The van der Waals surface area contributed by atoms with Gasteiger partial charge in [0.05, 0.1) is 5.92 Å². The van der Waals surface area contributed by atoms with Crippen LogP contribution in [0.3, 0.4) is 0 Å². The van der Waals surface area contributed by atoms with Crippen molar-refractivity contribution in [2.24, 2.45) is 5.92 Å². The molecule has 1 N–H and O–H groups in total. The van der Waals surface area contributed by atoms with Crippen LogP contribution in [0, 0.1) is 11.7 Å². The number of carboxylic acids is 1. The van der Waals surface area contributed by atoms with Crippen LogP contribution in [0.2, 0.25) is 0 Å². The number of halogens is 1. The Morgan fingerprint density at radius 2 is 2.19 bits per heavy atom. The Balaban J connectivity index is 2.19. The van der Waals surface area contributed by atoms with Gasteiger partial charge in [-0.3, -0.25) is 9.69 Å². The van der Waals surface area contributed by atoms with E-state index in [1.165, 1.54) is 11.8 Å². The lowest BCUT2D eigenvalue weighted by molar-refractivity contribution is -0.144. The number of rotatable bonds is 4. The summed E-state index contributed by atoms with van der Waals surface area (Å²) in [6.45, 7) is 4.67. The minimum Gasteiger partial charge on any atom is -0.481 e. The summed E-state index contributed by atoms with van der Waals surface area (Å²) >= 11 is 1.39. The maximum atomic E-state index is 13.9. The normalized spacial score (nSPS) is 24.8. The van der Waals surface area contributed by atoms with Gasteiger partial charge in [-0.2, -0.15) is 0 Å². The summed E-state index contributed by atoms with van der Waals surface area (Å²) in [5, 5.41) is 9.22. The molecule has 21 heavy (non-hydrogen) atoms. The Bertz CT molecular complexity index is 523. The first kappa shape index (κ1) is 16.3. The van der Waals surface area contributed by atoms with Crippen molar-refractivity contribution in [3.63, 3.8) is 0 Å². The standard InChI is InChI=1S/C16H22FNO2S/c1-10-4-5-13(16(19)20)9-18(10)11(2)12-6-7-15(21-3)14(17)8-12/h6-8,10-11,13H,4-5,9H2,1-3H3,(H,19,20). The van der Waals surface area contributed by atoms with Gasteiger partial charge in [-0.15, -0.1) is 11.8 Å². The molecule has 1 fully saturated rings. The molecule has 0 aliphatic carbocycles. The summed E-state index contributed by atoms with van der Waals surface area (Å²) in [5.41, 5.74) is 0.906. The number of hydrogen-bond acceptors (Lipinski definition) is 3. The molecule has 0 bridgehead atoms. The van der Waals surface area contributed by atoms with Crippen molar-refractivity contribution in [2.45, 2.75) is 43.7 Å². The highest BCUT2D eigenvalue weighted by molar-refractivity contribution is 7.98. The van der Waals surface area contributed by atoms with Gasteiger partial charge in [0.2, 0.25) is 0 Å². The lowest BCUT2D eigenvalue weighted by atomic mass is 9.91. The zero-order valence-corrected chi connectivity index (χ0v) is 13.5. The molecule has 3 nitrogen and oxygen atoms in total. The third kappa shape index (κ3) is 3.58. The number of hydrogen-bond donors (Lipinski definition) is 1. The average molecular weight is 311 g/mol. The third-order valence-electron chi connectivity index (χ3n) is 4.44. The number of aliphatic carboxylic acids is 1. The molecule has 1 aliphatic rings. The van der Waals surface area contributed by atoms with Crippen LogP contribution < -0.4 is 0 Å². The number of nitrogens with zero attached hydrogens (tertiary/aromatic N) is 1. The quantitative estimate of drug-likeness (QED) is 0.859.